The molecule has 1 heterocycles. The average molecular weight is 298 g/mol. The van der Waals surface area contributed by atoms with E-state index in [1.807, 2.05) is 24.3 Å². The predicted molar refractivity (Wildman–Crippen MR) is 81.9 cm³/mol. The van der Waals surface area contributed by atoms with Gasteiger partial charge < -0.3 is 9.47 Å². The molecule has 0 N–H and O–H groups in total. The van der Waals surface area contributed by atoms with Gasteiger partial charge in [0.25, 0.3) is 5.69 Å². The van der Waals surface area contributed by atoms with Gasteiger partial charge in [-0.05, 0) is 17.7 Å². The Bertz CT molecular complexity index is 715. The summed E-state index contributed by atoms with van der Waals surface area (Å²) in [6.45, 7) is 0.861. The van der Waals surface area contributed by atoms with E-state index < -0.39 is 4.92 Å². The van der Waals surface area contributed by atoms with Crippen LogP contribution in [0.15, 0.2) is 53.5 Å². The van der Waals surface area contributed by atoms with Crippen molar-refractivity contribution < 1.29 is 14.4 Å². The van der Waals surface area contributed by atoms with Crippen molar-refractivity contribution in [3.05, 3.63) is 64.2 Å². The SMILES string of the molecule is O=[N+]([O-])c1cccc(C=NC[C@H]2COc3ccccc3O2)c1. The first-order chi connectivity index (χ1) is 10.7. The zero-order valence-electron chi connectivity index (χ0n) is 11.7. The molecule has 0 amide bonds. The minimum absolute atomic E-state index is 0.0510. The van der Waals surface area contributed by atoms with Crippen LogP contribution in [0, 0.1) is 10.1 Å². The zero-order valence-corrected chi connectivity index (χ0v) is 11.7. The largest absolute Gasteiger partial charge is 0.486 e. The molecule has 0 fully saturated rings. The van der Waals surface area contributed by atoms with Crippen LogP contribution < -0.4 is 9.47 Å². The molecule has 3 rings (SSSR count). The number of para-hydroxylation sites is 2. The van der Waals surface area contributed by atoms with Crippen molar-refractivity contribution in [2.75, 3.05) is 13.2 Å². The Morgan fingerprint density at radius 2 is 2.05 bits per heavy atom. The Balaban J connectivity index is 1.61. The number of nitro benzene ring substituents is 1. The van der Waals surface area contributed by atoms with E-state index in [4.69, 9.17) is 9.47 Å². The fourth-order valence-corrected chi connectivity index (χ4v) is 2.15. The summed E-state index contributed by atoms with van der Waals surface area (Å²) in [5.74, 6) is 1.45. The van der Waals surface area contributed by atoms with E-state index in [1.165, 1.54) is 12.1 Å². The van der Waals surface area contributed by atoms with Gasteiger partial charge >= 0.3 is 0 Å². The summed E-state index contributed by atoms with van der Waals surface area (Å²) in [5, 5.41) is 10.7. The molecule has 0 unspecified atom stereocenters. The molecule has 2 aromatic carbocycles. The molecular formula is C16H14N2O4. The van der Waals surface area contributed by atoms with E-state index in [1.54, 1.807) is 18.3 Å². The van der Waals surface area contributed by atoms with Crippen molar-refractivity contribution in [3.63, 3.8) is 0 Å². The van der Waals surface area contributed by atoms with Crippen molar-refractivity contribution in [2.45, 2.75) is 6.10 Å². The molecule has 0 bridgehead atoms. The third kappa shape index (κ3) is 3.22. The van der Waals surface area contributed by atoms with Crippen molar-refractivity contribution in [1.82, 2.24) is 0 Å². The van der Waals surface area contributed by atoms with Gasteiger partial charge in [0.1, 0.15) is 6.61 Å². The maximum Gasteiger partial charge on any atom is 0.270 e. The molecule has 0 saturated heterocycles. The number of hydrogen-bond acceptors (Lipinski definition) is 5. The predicted octanol–water partition coefficient (Wildman–Crippen LogP) is 2.85. The third-order valence-electron chi connectivity index (χ3n) is 3.20. The quantitative estimate of drug-likeness (QED) is 0.494. The molecule has 0 aliphatic carbocycles. The lowest BCUT2D eigenvalue weighted by Crippen LogP contribution is -2.31. The summed E-state index contributed by atoms with van der Waals surface area (Å²) in [5.41, 5.74) is 0.737. The standard InChI is InChI=1S/C16H14N2O4/c19-18(20)13-5-3-4-12(8-13)9-17-10-14-11-21-15-6-1-2-7-16(15)22-14/h1-9,14H,10-11H2/t14-/m0/s1. The summed E-state index contributed by atoms with van der Waals surface area (Å²) < 4.78 is 11.4. The maximum atomic E-state index is 10.7. The molecule has 22 heavy (non-hydrogen) atoms. The molecule has 6 heteroatoms. The second-order valence-corrected chi connectivity index (χ2v) is 4.84. The van der Waals surface area contributed by atoms with Crippen LogP contribution in [-0.2, 0) is 0 Å². The monoisotopic (exact) mass is 298 g/mol. The zero-order chi connectivity index (χ0) is 15.4. The van der Waals surface area contributed by atoms with Gasteiger partial charge in [0, 0.05) is 18.3 Å². The molecule has 1 aliphatic heterocycles. The number of aliphatic imine (C=N–C) groups is 1. The summed E-state index contributed by atoms with van der Waals surface area (Å²) >= 11 is 0. The van der Waals surface area contributed by atoms with Crippen LogP contribution in [0.3, 0.4) is 0 Å². The lowest BCUT2D eigenvalue weighted by atomic mass is 10.2. The van der Waals surface area contributed by atoms with Crippen LogP contribution in [0.5, 0.6) is 11.5 Å². The van der Waals surface area contributed by atoms with Crippen LogP contribution in [-0.4, -0.2) is 30.4 Å². The van der Waals surface area contributed by atoms with Gasteiger partial charge in [0.2, 0.25) is 0 Å². The van der Waals surface area contributed by atoms with Gasteiger partial charge in [-0.3, -0.25) is 15.1 Å². The fraction of sp³-hybridized carbons (Fsp3) is 0.188. The Morgan fingerprint density at radius 3 is 2.86 bits per heavy atom. The summed E-state index contributed by atoms with van der Waals surface area (Å²) in [6.07, 6.45) is 1.45. The maximum absolute atomic E-state index is 10.7. The second kappa shape index (κ2) is 6.26. The highest BCUT2D eigenvalue weighted by Crippen LogP contribution is 2.30. The van der Waals surface area contributed by atoms with Crippen LogP contribution in [0.2, 0.25) is 0 Å². The highest BCUT2D eigenvalue weighted by Gasteiger charge is 2.19. The smallest absolute Gasteiger partial charge is 0.270 e. The normalized spacial score (nSPS) is 16.6. The van der Waals surface area contributed by atoms with E-state index in [0.717, 1.165) is 5.75 Å². The van der Waals surface area contributed by atoms with Gasteiger partial charge in [-0.2, -0.15) is 0 Å². The highest BCUT2D eigenvalue weighted by molar-refractivity contribution is 5.80. The number of ether oxygens (including phenoxy) is 2. The van der Waals surface area contributed by atoms with Gasteiger partial charge in [-0.25, -0.2) is 0 Å². The molecule has 2 aromatic rings. The van der Waals surface area contributed by atoms with Crippen LogP contribution in [0.4, 0.5) is 5.69 Å². The first kappa shape index (κ1) is 14.1. The highest BCUT2D eigenvalue weighted by atomic mass is 16.6. The number of nitro groups is 1. The summed E-state index contributed by atoms with van der Waals surface area (Å²) in [4.78, 5) is 14.6. The number of fused-ring (bicyclic) bond motifs is 1. The van der Waals surface area contributed by atoms with Gasteiger partial charge in [-0.15, -0.1) is 0 Å². The molecule has 0 saturated carbocycles. The Morgan fingerprint density at radius 1 is 1.23 bits per heavy atom. The van der Waals surface area contributed by atoms with Gasteiger partial charge in [0.15, 0.2) is 17.6 Å². The summed E-state index contributed by atoms with van der Waals surface area (Å²) in [6, 6.07) is 13.8. The number of benzene rings is 2. The number of non-ortho nitro benzene ring substituents is 1. The Hall–Kier alpha value is -2.89. The van der Waals surface area contributed by atoms with E-state index in [-0.39, 0.29) is 11.8 Å². The lowest BCUT2D eigenvalue weighted by molar-refractivity contribution is -0.384. The van der Waals surface area contributed by atoms with E-state index >= 15 is 0 Å². The van der Waals surface area contributed by atoms with E-state index in [0.29, 0.717) is 24.5 Å². The Labute approximate surface area is 127 Å². The number of rotatable bonds is 4. The fourth-order valence-electron chi connectivity index (χ4n) is 2.15. The first-order valence-electron chi connectivity index (χ1n) is 6.85. The number of hydrogen-bond donors (Lipinski definition) is 0. The van der Waals surface area contributed by atoms with Gasteiger partial charge in [0.05, 0.1) is 11.5 Å². The average Bonchev–Trinajstić information content (AvgIpc) is 2.55. The first-order valence-corrected chi connectivity index (χ1v) is 6.85. The van der Waals surface area contributed by atoms with Crippen LogP contribution in [0.1, 0.15) is 5.56 Å². The van der Waals surface area contributed by atoms with Crippen molar-refractivity contribution in [2.24, 2.45) is 4.99 Å². The molecular weight excluding hydrogens is 284 g/mol. The summed E-state index contributed by atoms with van der Waals surface area (Å²) in [7, 11) is 0. The van der Waals surface area contributed by atoms with Crippen molar-refractivity contribution >= 4 is 11.9 Å². The number of nitrogens with zero attached hydrogens (tertiary/aromatic N) is 2. The lowest BCUT2D eigenvalue weighted by Gasteiger charge is -2.25. The van der Waals surface area contributed by atoms with E-state index in [2.05, 4.69) is 4.99 Å². The van der Waals surface area contributed by atoms with E-state index in [9.17, 15) is 10.1 Å². The molecule has 0 aromatic heterocycles. The van der Waals surface area contributed by atoms with Crippen molar-refractivity contribution in [3.8, 4) is 11.5 Å². The van der Waals surface area contributed by atoms with Crippen LogP contribution in [0.25, 0.3) is 0 Å². The van der Waals surface area contributed by atoms with Gasteiger partial charge in [-0.1, -0.05) is 24.3 Å². The minimum Gasteiger partial charge on any atom is -0.486 e. The molecule has 1 atom stereocenters. The molecule has 112 valence electrons. The third-order valence-corrected chi connectivity index (χ3v) is 3.20. The van der Waals surface area contributed by atoms with Crippen LogP contribution >= 0.6 is 0 Å². The van der Waals surface area contributed by atoms with Crippen molar-refractivity contribution in [1.29, 1.82) is 0 Å². The molecule has 0 radical (unpaired) electrons. The minimum atomic E-state index is -0.424. The molecule has 6 nitrogen and oxygen atoms in total. The Kier molecular flexibility index (Phi) is 4.00. The second-order valence-electron chi connectivity index (χ2n) is 4.84. The topological polar surface area (TPSA) is 74.0 Å². The molecule has 0 spiro atoms. The molecule has 1 aliphatic rings.